The minimum atomic E-state index is -0.618. The first-order valence-corrected chi connectivity index (χ1v) is 5.48. The Morgan fingerprint density at radius 1 is 1.44 bits per heavy atom. The molecule has 1 N–H and O–H groups in total. The van der Waals surface area contributed by atoms with E-state index in [-0.39, 0.29) is 24.8 Å². The molecule has 0 rings (SSSR count). The Kier molecular flexibility index (Phi) is 7.86. The van der Waals surface area contributed by atoms with E-state index in [0.29, 0.717) is 13.0 Å². The molecule has 0 aromatic carbocycles. The Morgan fingerprint density at radius 3 is 2.62 bits per heavy atom. The first-order valence-electron chi connectivity index (χ1n) is 5.48. The number of hydrogen-bond donors (Lipinski definition) is 1. The Labute approximate surface area is 95.8 Å². The van der Waals surface area contributed by atoms with Crippen LogP contribution in [0, 0.1) is 17.2 Å². The number of hydrogen-bond acceptors (Lipinski definition) is 4. The minimum Gasteiger partial charge on any atom is -0.466 e. The molecule has 90 valence electrons. The normalized spacial score (nSPS) is 11.3. The van der Waals surface area contributed by atoms with E-state index in [9.17, 15) is 9.59 Å². The fraction of sp³-hybridized carbons (Fsp3) is 0.727. The first kappa shape index (κ1) is 14.4. The molecule has 5 heteroatoms. The van der Waals surface area contributed by atoms with E-state index in [1.54, 1.807) is 6.92 Å². The van der Waals surface area contributed by atoms with Crippen molar-refractivity contribution in [2.75, 3.05) is 13.2 Å². The average molecular weight is 226 g/mol. The number of esters is 1. The van der Waals surface area contributed by atoms with Crippen molar-refractivity contribution in [1.82, 2.24) is 5.32 Å². The Morgan fingerprint density at radius 2 is 2.12 bits per heavy atom. The third kappa shape index (κ3) is 6.02. The van der Waals surface area contributed by atoms with E-state index in [1.165, 1.54) is 0 Å². The van der Waals surface area contributed by atoms with E-state index < -0.39 is 5.92 Å². The molecule has 0 spiro atoms. The molecule has 0 saturated heterocycles. The zero-order valence-electron chi connectivity index (χ0n) is 9.78. The number of ether oxygens (including phenoxy) is 1. The summed E-state index contributed by atoms with van der Waals surface area (Å²) in [5.74, 6) is -1.27. The van der Waals surface area contributed by atoms with E-state index >= 15 is 0 Å². The molecule has 0 heterocycles. The maximum absolute atomic E-state index is 11.4. The minimum absolute atomic E-state index is 0.143. The lowest BCUT2D eigenvalue weighted by atomic mass is 10.1. The average Bonchev–Trinajstić information content (AvgIpc) is 2.26. The van der Waals surface area contributed by atoms with Crippen LogP contribution in [-0.2, 0) is 14.3 Å². The predicted octanol–water partition coefficient (Wildman–Crippen LogP) is 0.996. The number of amides is 1. The summed E-state index contributed by atoms with van der Waals surface area (Å²) in [4.78, 5) is 22.4. The molecule has 0 aliphatic rings. The molecule has 0 radical (unpaired) electrons. The number of carbonyl (C=O) groups is 2. The predicted molar refractivity (Wildman–Crippen MR) is 58.3 cm³/mol. The van der Waals surface area contributed by atoms with Crippen LogP contribution in [0.4, 0.5) is 0 Å². The fourth-order valence-electron chi connectivity index (χ4n) is 1.19. The standard InChI is InChI=1S/C11H18N2O3/c1-3-5-9(8-12)11(15)13-7-6-10(14)16-4-2/h9H,3-7H2,1-2H3,(H,13,15). The second kappa shape index (κ2) is 8.72. The maximum atomic E-state index is 11.4. The Hall–Kier alpha value is -1.57. The molecule has 1 unspecified atom stereocenters. The first-order chi connectivity index (χ1) is 7.65. The molecule has 0 bridgehead atoms. The van der Waals surface area contributed by atoms with Gasteiger partial charge in [0.2, 0.25) is 5.91 Å². The smallest absolute Gasteiger partial charge is 0.307 e. The summed E-state index contributed by atoms with van der Waals surface area (Å²) in [6.07, 6.45) is 1.47. The van der Waals surface area contributed by atoms with Gasteiger partial charge < -0.3 is 10.1 Å². The molecule has 0 fully saturated rings. The van der Waals surface area contributed by atoms with Crippen molar-refractivity contribution in [3.63, 3.8) is 0 Å². The highest BCUT2D eigenvalue weighted by Crippen LogP contribution is 2.04. The zero-order chi connectivity index (χ0) is 12.4. The molecular weight excluding hydrogens is 208 g/mol. The zero-order valence-corrected chi connectivity index (χ0v) is 9.78. The lowest BCUT2D eigenvalue weighted by molar-refractivity contribution is -0.143. The highest BCUT2D eigenvalue weighted by atomic mass is 16.5. The number of rotatable bonds is 7. The van der Waals surface area contributed by atoms with Gasteiger partial charge in [-0.15, -0.1) is 0 Å². The lowest BCUT2D eigenvalue weighted by Crippen LogP contribution is -2.31. The van der Waals surface area contributed by atoms with Crippen molar-refractivity contribution in [3.05, 3.63) is 0 Å². The number of nitrogens with one attached hydrogen (secondary N) is 1. The highest BCUT2D eigenvalue weighted by molar-refractivity contribution is 5.81. The highest BCUT2D eigenvalue weighted by Gasteiger charge is 2.16. The van der Waals surface area contributed by atoms with Crippen molar-refractivity contribution in [3.8, 4) is 6.07 Å². The molecule has 1 atom stereocenters. The molecule has 0 aliphatic heterocycles. The van der Waals surface area contributed by atoms with Gasteiger partial charge >= 0.3 is 5.97 Å². The fourth-order valence-corrected chi connectivity index (χ4v) is 1.19. The molecule has 0 saturated carbocycles. The van der Waals surface area contributed by atoms with Gasteiger partial charge in [0.25, 0.3) is 0 Å². The number of nitriles is 1. The summed E-state index contributed by atoms with van der Waals surface area (Å²) in [5.41, 5.74) is 0. The van der Waals surface area contributed by atoms with Gasteiger partial charge in [-0.3, -0.25) is 9.59 Å². The molecular formula is C11H18N2O3. The van der Waals surface area contributed by atoms with Crippen molar-refractivity contribution < 1.29 is 14.3 Å². The monoisotopic (exact) mass is 226 g/mol. The van der Waals surface area contributed by atoms with Gasteiger partial charge in [0.1, 0.15) is 5.92 Å². The summed E-state index contributed by atoms with van der Waals surface area (Å²) in [7, 11) is 0. The van der Waals surface area contributed by atoms with Gasteiger partial charge in [0, 0.05) is 6.54 Å². The summed E-state index contributed by atoms with van der Waals surface area (Å²) in [6.45, 7) is 4.20. The van der Waals surface area contributed by atoms with Gasteiger partial charge in [-0.2, -0.15) is 5.26 Å². The van der Waals surface area contributed by atoms with Crippen molar-refractivity contribution >= 4 is 11.9 Å². The van der Waals surface area contributed by atoms with Gasteiger partial charge in [-0.1, -0.05) is 13.3 Å². The molecule has 16 heavy (non-hydrogen) atoms. The van der Waals surface area contributed by atoms with Crippen LogP contribution in [0.1, 0.15) is 33.1 Å². The quantitative estimate of drug-likeness (QED) is 0.657. The van der Waals surface area contributed by atoms with Crippen LogP contribution in [-0.4, -0.2) is 25.0 Å². The summed E-state index contributed by atoms with van der Waals surface area (Å²) >= 11 is 0. The number of carbonyl (C=O) groups excluding carboxylic acids is 2. The largest absolute Gasteiger partial charge is 0.466 e. The van der Waals surface area contributed by atoms with Gasteiger partial charge in [-0.05, 0) is 13.3 Å². The maximum Gasteiger partial charge on any atom is 0.307 e. The van der Waals surface area contributed by atoms with Crippen LogP contribution in [0.15, 0.2) is 0 Å². The SMILES string of the molecule is CCCC(C#N)C(=O)NCCC(=O)OCC. The second-order valence-electron chi connectivity index (χ2n) is 3.32. The Bertz CT molecular complexity index is 271. The Balaban J connectivity index is 3.80. The van der Waals surface area contributed by atoms with Gasteiger partial charge in [0.05, 0.1) is 19.1 Å². The van der Waals surface area contributed by atoms with Crippen molar-refractivity contribution in [1.29, 1.82) is 5.26 Å². The van der Waals surface area contributed by atoms with E-state index in [2.05, 4.69) is 5.32 Å². The molecule has 0 aromatic rings. The third-order valence-electron chi connectivity index (χ3n) is 1.98. The van der Waals surface area contributed by atoms with Crippen LogP contribution in [0.5, 0.6) is 0 Å². The lowest BCUT2D eigenvalue weighted by Gasteiger charge is -2.08. The summed E-state index contributed by atoms with van der Waals surface area (Å²) < 4.78 is 4.70. The van der Waals surface area contributed by atoms with Crippen LogP contribution < -0.4 is 5.32 Å². The van der Waals surface area contributed by atoms with Crippen LogP contribution in [0.25, 0.3) is 0 Å². The van der Waals surface area contributed by atoms with Crippen molar-refractivity contribution in [2.45, 2.75) is 33.1 Å². The summed E-state index contributed by atoms with van der Waals surface area (Å²) in [6, 6.07) is 1.94. The molecule has 0 aliphatic carbocycles. The van der Waals surface area contributed by atoms with Crippen LogP contribution in [0.3, 0.4) is 0 Å². The van der Waals surface area contributed by atoms with Crippen LogP contribution >= 0.6 is 0 Å². The van der Waals surface area contributed by atoms with E-state index in [0.717, 1.165) is 6.42 Å². The number of nitrogens with zero attached hydrogens (tertiary/aromatic N) is 1. The molecule has 1 amide bonds. The molecule has 0 aromatic heterocycles. The van der Waals surface area contributed by atoms with E-state index in [4.69, 9.17) is 10.00 Å². The second-order valence-corrected chi connectivity index (χ2v) is 3.32. The van der Waals surface area contributed by atoms with Crippen LogP contribution in [0.2, 0.25) is 0 Å². The van der Waals surface area contributed by atoms with Gasteiger partial charge in [-0.25, -0.2) is 0 Å². The van der Waals surface area contributed by atoms with Crippen molar-refractivity contribution in [2.24, 2.45) is 5.92 Å². The topological polar surface area (TPSA) is 79.2 Å². The van der Waals surface area contributed by atoms with Gasteiger partial charge in [0.15, 0.2) is 0 Å². The summed E-state index contributed by atoms with van der Waals surface area (Å²) in [5, 5.41) is 11.3. The molecule has 5 nitrogen and oxygen atoms in total. The van der Waals surface area contributed by atoms with E-state index in [1.807, 2.05) is 13.0 Å². The third-order valence-corrected chi connectivity index (χ3v) is 1.98.